The zero-order valence-corrected chi connectivity index (χ0v) is 16.8. The van der Waals surface area contributed by atoms with Crippen LogP contribution in [0.3, 0.4) is 0 Å². The van der Waals surface area contributed by atoms with Crippen molar-refractivity contribution in [3.05, 3.63) is 15.6 Å². The van der Waals surface area contributed by atoms with Crippen molar-refractivity contribution in [2.45, 2.75) is 117 Å². The summed E-state index contributed by atoms with van der Waals surface area (Å²) in [5, 5.41) is 1.36. The first-order valence-electron chi connectivity index (χ1n) is 10.2. The molecule has 0 aliphatic carbocycles. The van der Waals surface area contributed by atoms with Crippen molar-refractivity contribution in [3.63, 3.8) is 0 Å². The van der Waals surface area contributed by atoms with Crippen LogP contribution in [0.5, 0.6) is 0 Å². The third kappa shape index (κ3) is 10.2. The van der Waals surface area contributed by atoms with E-state index in [0.29, 0.717) is 0 Å². The standard InChI is InChI=1S/C21H39NS/c1-4-6-7-8-9-10-11-12-13-14-15-16-17-18-21-22-19(3)20(5-2)23-21/h4-18H2,1-3H3. The van der Waals surface area contributed by atoms with Crippen molar-refractivity contribution in [1.82, 2.24) is 4.98 Å². The molecule has 0 aliphatic rings. The van der Waals surface area contributed by atoms with E-state index in [1.165, 1.54) is 105 Å². The van der Waals surface area contributed by atoms with E-state index >= 15 is 0 Å². The molecule has 0 radical (unpaired) electrons. The number of rotatable bonds is 15. The van der Waals surface area contributed by atoms with E-state index in [1.54, 1.807) is 0 Å². The molecule has 0 atom stereocenters. The second-order valence-corrected chi connectivity index (χ2v) is 8.13. The molecule has 0 fully saturated rings. The van der Waals surface area contributed by atoms with Gasteiger partial charge in [-0.05, 0) is 26.2 Å². The maximum Gasteiger partial charge on any atom is 0.0930 e. The molecule has 1 nitrogen and oxygen atoms in total. The fraction of sp³-hybridized carbons (Fsp3) is 0.857. The summed E-state index contributed by atoms with van der Waals surface area (Å²) in [5.74, 6) is 0. The van der Waals surface area contributed by atoms with Crippen LogP contribution in [0.15, 0.2) is 0 Å². The maximum atomic E-state index is 4.69. The van der Waals surface area contributed by atoms with E-state index in [1.807, 2.05) is 11.3 Å². The van der Waals surface area contributed by atoms with Gasteiger partial charge in [-0.3, -0.25) is 0 Å². The highest BCUT2D eigenvalue weighted by molar-refractivity contribution is 7.11. The molecule has 0 bridgehead atoms. The molecule has 0 aliphatic heterocycles. The predicted octanol–water partition coefficient (Wildman–Crippen LogP) is 7.65. The van der Waals surface area contributed by atoms with Crippen LogP contribution in [0.2, 0.25) is 0 Å². The van der Waals surface area contributed by atoms with Gasteiger partial charge in [0.1, 0.15) is 0 Å². The molecule has 0 saturated heterocycles. The van der Waals surface area contributed by atoms with Crippen LogP contribution in [-0.4, -0.2) is 4.98 Å². The van der Waals surface area contributed by atoms with Gasteiger partial charge in [0, 0.05) is 4.88 Å². The van der Waals surface area contributed by atoms with Gasteiger partial charge in [-0.15, -0.1) is 11.3 Å². The smallest absolute Gasteiger partial charge is 0.0930 e. The molecule has 0 saturated carbocycles. The molecule has 0 N–H and O–H groups in total. The summed E-state index contributed by atoms with van der Waals surface area (Å²) in [4.78, 5) is 6.18. The molecule has 0 amide bonds. The highest BCUT2D eigenvalue weighted by atomic mass is 32.1. The molecule has 0 aromatic carbocycles. The lowest BCUT2D eigenvalue weighted by atomic mass is 10.0. The Morgan fingerprint density at radius 2 is 1.17 bits per heavy atom. The molecule has 134 valence electrons. The molecule has 1 heterocycles. The Morgan fingerprint density at radius 1 is 0.696 bits per heavy atom. The molecular formula is C21H39NS. The van der Waals surface area contributed by atoms with Crippen LogP contribution in [0.1, 0.15) is 113 Å². The SMILES string of the molecule is CCCCCCCCCCCCCCCc1nc(C)c(CC)s1. The monoisotopic (exact) mass is 337 g/mol. The zero-order chi connectivity index (χ0) is 16.8. The molecule has 1 aromatic heterocycles. The number of aryl methyl sites for hydroxylation is 3. The summed E-state index contributed by atoms with van der Waals surface area (Å²) < 4.78 is 0. The first kappa shape index (κ1) is 20.7. The van der Waals surface area contributed by atoms with E-state index in [-0.39, 0.29) is 0 Å². The van der Waals surface area contributed by atoms with Gasteiger partial charge in [0.2, 0.25) is 0 Å². The number of aromatic nitrogens is 1. The van der Waals surface area contributed by atoms with Gasteiger partial charge in [-0.25, -0.2) is 4.98 Å². The predicted molar refractivity (Wildman–Crippen MR) is 106 cm³/mol. The third-order valence-electron chi connectivity index (χ3n) is 4.75. The summed E-state index contributed by atoms with van der Waals surface area (Å²) in [6.07, 6.45) is 20.9. The van der Waals surface area contributed by atoms with Gasteiger partial charge >= 0.3 is 0 Å². The van der Waals surface area contributed by atoms with Crippen LogP contribution >= 0.6 is 11.3 Å². The minimum absolute atomic E-state index is 1.14. The van der Waals surface area contributed by atoms with Gasteiger partial charge in [0.05, 0.1) is 10.7 Å². The molecule has 1 aromatic rings. The Hall–Kier alpha value is -0.370. The van der Waals surface area contributed by atoms with Crippen LogP contribution < -0.4 is 0 Å². The van der Waals surface area contributed by atoms with Crippen LogP contribution in [0, 0.1) is 6.92 Å². The lowest BCUT2D eigenvalue weighted by molar-refractivity contribution is 0.539. The van der Waals surface area contributed by atoms with Crippen molar-refractivity contribution < 1.29 is 0 Å². The number of hydrogen-bond acceptors (Lipinski definition) is 2. The molecular weight excluding hydrogens is 298 g/mol. The average molecular weight is 338 g/mol. The first-order valence-corrected chi connectivity index (χ1v) is 11.0. The highest BCUT2D eigenvalue weighted by Gasteiger charge is 2.05. The van der Waals surface area contributed by atoms with E-state index < -0.39 is 0 Å². The first-order chi connectivity index (χ1) is 11.3. The van der Waals surface area contributed by atoms with Crippen LogP contribution in [0.25, 0.3) is 0 Å². The molecule has 23 heavy (non-hydrogen) atoms. The van der Waals surface area contributed by atoms with Crippen molar-refractivity contribution in [2.75, 3.05) is 0 Å². The van der Waals surface area contributed by atoms with E-state index in [9.17, 15) is 0 Å². The van der Waals surface area contributed by atoms with Crippen molar-refractivity contribution in [3.8, 4) is 0 Å². The second kappa shape index (κ2) is 14.0. The highest BCUT2D eigenvalue weighted by Crippen LogP contribution is 2.20. The van der Waals surface area contributed by atoms with Crippen molar-refractivity contribution in [1.29, 1.82) is 0 Å². The van der Waals surface area contributed by atoms with Gasteiger partial charge in [-0.1, -0.05) is 90.9 Å². The molecule has 0 unspecified atom stereocenters. The van der Waals surface area contributed by atoms with Crippen molar-refractivity contribution >= 4 is 11.3 Å². The zero-order valence-electron chi connectivity index (χ0n) is 16.0. The summed E-state index contributed by atoms with van der Waals surface area (Å²) >= 11 is 1.93. The normalized spacial score (nSPS) is 11.3. The van der Waals surface area contributed by atoms with Gasteiger partial charge in [0.15, 0.2) is 0 Å². The number of thiazole rings is 1. The molecule has 1 rings (SSSR count). The minimum Gasteiger partial charge on any atom is -0.246 e. The third-order valence-corrected chi connectivity index (χ3v) is 6.11. The fourth-order valence-electron chi connectivity index (χ4n) is 3.22. The second-order valence-electron chi connectivity index (χ2n) is 6.96. The summed E-state index contributed by atoms with van der Waals surface area (Å²) in [5.41, 5.74) is 1.27. The number of hydrogen-bond donors (Lipinski definition) is 0. The fourth-order valence-corrected chi connectivity index (χ4v) is 4.27. The Bertz CT molecular complexity index is 383. The Kier molecular flexibility index (Phi) is 12.6. The summed E-state index contributed by atoms with van der Waals surface area (Å²) in [7, 11) is 0. The van der Waals surface area contributed by atoms with Crippen molar-refractivity contribution in [2.24, 2.45) is 0 Å². The Balaban J connectivity index is 1.84. The number of nitrogens with zero attached hydrogens (tertiary/aromatic N) is 1. The minimum atomic E-state index is 1.14. The summed E-state index contributed by atoms with van der Waals surface area (Å²) in [6, 6.07) is 0. The van der Waals surface area contributed by atoms with Gasteiger partial charge in [-0.2, -0.15) is 0 Å². The molecule has 2 heteroatoms. The largest absolute Gasteiger partial charge is 0.246 e. The topological polar surface area (TPSA) is 12.9 Å². The quantitative estimate of drug-likeness (QED) is 0.299. The molecule has 0 spiro atoms. The van der Waals surface area contributed by atoms with E-state index in [0.717, 1.165) is 6.42 Å². The lowest BCUT2D eigenvalue weighted by Gasteiger charge is -2.02. The lowest BCUT2D eigenvalue weighted by Crippen LogP contribution is -1.86. The van der Waals surface area contributed by atoms with Gasteiger partial charge in [0.25, 0.3) is 0 Å². The van der Waals surface area contributed by atoms with E-state index in [4.69, 9.17) is 4.98 Å². The Labute approximate surface area is 149 Å². The average Bonchev–Trinajstić information content (AvgIpc) is 2.92. The maximum absolute atomic E-state index is 4.69. The number of unbranched alkanes of at least 4 members (excludes halogenated alkanes) is 12. The summed E-state index contributed by atoms with van der Waals surface area (Å²) in [6.45, 7) is 6.68. The van der Waals surface area contributed by atoms with Gasteiger partial charge < -0.3 is 0 Å². The van der Waals surface area contributed by atoms with Crippen LogP contribution in [0.4, 0.5) is 0 Å². The Morgan fingerprint density at radius 3 is 1.61 bits per heavy atom. The van der Waals surface area contributed by atoms with Crippen LogP contribution in [-0.2, 0) is 12.8 Å². The van der Waals surface area contributed by atoms with E-state index in [2.05, 4.69) is 20.8 Å².